The Bertz CT molecular complexity index is 1020. The third-order valence-corrected chi connectivity index (χ3v) is 6.16. The molecule has 2 aliphatic rings. The number of fused-ring (bicyclic) bond motifs is 1. The Hall–Kier alpha value is -3.07. The van der Waals surface area contributed by atoms with E-state index in [0.717, 1.165) is 31.3 Å². The van der Waals surface area contributed by atoms with Gasteiger partial charge in [0.05, 0.1) is 18.1 Å². The Morgan fingerprint density at radius 3 is 2.84 bits per heavy atom. The summed E-state index contributed by atoms with van der Waals surface area (Å²) in [7, 11) is 1.84. The molecule has 0 saturated carbocycles. The van der Waals surface area contributed by atoms with Crippen molar-refractivity contribution in [2.75, 3.05) is 25.5 Å². The minimum absolute atomic E-state index is 0.125. The number of halogens is 2. The molecule has 1 aromatic heterocycles. The van der Waals surface area contributed by atoms with Crippen LogP contribution in [-0.4, -0.2) is 59.4 Å². The van der Waals surface area contributed by atoms with E-state index in [-0.39, 0.29) is 35.2 Å². The number of rotatable bonds is 5. The topological polar surface area (TPSA) is 74.8 Å². The standard InChI is InChI=1S/C23H26F2N4O3/c1-14-12-29(18-5-6-28(2)21(30)9-18)13-16-7-15(3-4-20(14)16)22(31)27-17-8-19(11-26-10-17)32-23(24)25/h3-4,7-8,10-11,14,18,23H,5-6,9,12-13H2,1-2H3,(H,27,31). The molecule has 1 N–H and O–H groups in total. The molecule has 0 bridgehead atoms. The number of pyridine rings is 1. The van der Waals surface area contributed by atoms with Crippen molar-refractivity contribution in [3.05, 3.63) is 53.3 Å². The Labute approximate surface area is 185 Å². The summed E-state index contributed by atoms with van der Waals surface area (Å²) in [5.41, 5.74) is 3.00. The highest BCUT2D eigenvalue weighted by molar-refractivity contribution is 6.04. The second-order valence-corrected chi connectivity index (χ2v) is 8.45. The van der Waals surface area contributed by atoms with Crippen LogP contribution in [0.4, 0.5) is 14.5 Å². The molecule has 4 rings (SSSR count). The molecule has 0 aliphatic carbocycles. The maximum Gasteiger partial charge on any atom is 0.387 e. The van der Waals surface area contributed by atoms with Gasteiger partial charge in [-0.25, -0.2) is 0 Å². The Morgan fingerprint density at radius 1 is 1.28 bits per heavy atom. The van der Waals surface area contributed by atoms with Crippen LogP contribution in [0.1, 0.15) is 47.2 Å². The van der Waals surface area contributed by atoms with Crippen LogP contribution in [0.15, 0.2) is 36.7 Å². The van der Waals surface area contributed by atoms with Crippen LogP contribution >= 0.6 is 0 Å². The van der Waals surface area contributed by atoms with Gasteiger partial charge < -0.3 is 15.0 Å². The number of benzene rings is 1. The van der Waals surface area contributed by atoms with E-state index in [1.54, 1.807) is 11.0 Å². The number of hydrogen-bond acceptors (Lipinski definition) is 5. The van der Waals surface area contributed by atoms with Crippen molar-refractivity contribution < 1.29 is 23.1 Å². The number of ether oxygens (including phenoxy) is 1. The number of carbonyl (C=O) groups excluding carboxylic acids is 2. The molecule has 3 heterocycles. The smallest absolute Gasteiger partial charge is 0.387 e. The van der Waals surface area contributed by atoms with Gasteiger partial charge >= 0.3 is 6.61 Å². The predicted molar refractivity (Wildman–Crippen MR) is 115 cm³/mol. The van der Waals surface area contributed by atoms with Crippen molar-refractivity contribution in [2.45, 2.75) is 44.9 Å². The van der Waals surface area contributed by atoms with Crippen LogP contribution in [-0.2, 0) is 11.3 Å². The highest BCUT2D eigenvalue weighted by Crippen LogP contribution is 2.32. The normalized spacial score (nSPS) is 21.4. The summed E-state index contributed by atoms with van der Waals surface area (Å²) in [6.45, 7) is 1.51. The second kappa shape index (κ2) is 9.20. The molecule has 2 amide bonds. The first-order valence-corrected chi connectivity index (χ1v) is 10.6. The van der Waals surface area contributed by atoms with Crippen LogP contribution in [0.3, 0.4) is 0 Å². The SMILES string of the molecule is CC1CN(C2CCN(C)C(=O)C2)Cc2cc(C(=O)Nc3cncc(OC(F)F)c3)ccc21. The van der Waals surface area contributed by atoms with E-state index in [0.29, 0.717) is 18.5 Å². The lowest BCUT2D eigenvalue weighted by Gasteiger charge is -2.41. The van der Waals surface area contributed by atoms with Crippen molar-refractivity contribution in [1.82, 2.24) is 14.8 Å². The fraction of sp³-hybridized carbons (Fsp3) is 0.435. The number of nitrogens with one attached hydrogen (secondary N) is 1. The number of piperidine rings is 1. The molecule has 7 nitrogen and oxygen atoms in total. The summed E-state index contributed by atoms with van der Waals surface area (Å²) >= 11 is 0. The third kappa shape index (κ3) is 4.88. The third-order valence-electron chi connectivity index (χ3n) is 6.16. The van der Waals surface area contributed by atoms with E-state index in [1.165, 1.54) is 17.8 Å². The number of likely N-dealkylation sites (tertiary alicyclic amines) is 1. The molecular formula is C23H26F2N4O3. The molecule has 170 valence electrons. The first kappa shape index (κ1) is 22.1. The number of hydrogen-bond donors (Lipinski definition) is 1. The van der Waals surface area contributed by atoms with Crippen LogP contribution < -0.4 is 10.1 Å². The molecule has 1 aromatic carbocycles. The highest BCUT2D eigenvalue weighted by Gasteiger charge is 2.32. The summed E-state index contributed by atoms with van der Waals surface area (Å²) < 4.78 is 29.2. The van der Waals surface area contributed by atoms with Crippen LogP contribution in [0, 0.1) is 0 Å². The van der Waals surface area contributed by atoms with Crippen molar-refractivity contribution in [3.8, 4) is 5.75 Å². The monoisotopic (exact) mass is 444 g/mol. The maximum absolute atomic E-state index is 12.8. The molecule has 2 unspecified atom stereocenters. The first-order chi connectivity index (χ1) is 15.3. The quantitative estimate of drug-likeness (QED) is 0.765. The number of nitrogens with zero attached hydrogens (tertiary/aromatic N) is 3. The summed E-state index contributed by atoms with van der Waals surface area (Å²) in [5, 5.41) is 2.68. The van der Waals surface area contributed by atoms with E-state index in [1.807, 2.05) is 19.2 Å². The molecule has 9 heteroatoms. The van der Waals surface area contributed by atoms with Gasteiger partial charge in [0.25, 0.3) is 5.91 Å². The minimum Gasteiger partial charge on any atom is -0.433 e. The van der Waals surface area contributed by atoms with E-state index < -0.39 is 6.61 Å². The van der Waals surface area contributed by atoms with Crippen LogP contribution in [0.5, 0.6) is 5.75 Å². The van der Waals surface area contributed by atoms with Gasteiger partial charge in [-0.05, 0) is 35.6 Å². The number of aromatic nitrogens is 1. The van der Waals surface area contributed by atoms with E-state index in [9.17, 15) is 18.4 Å². The number of anilines is 1. The molecule has 32 heavy (non-hydrogen) atoms. The summed E-state index contributed by atoms with van der Waals surface area (Å²) in [6.07, 6.45) is 3.98. The van der Waals surface area contributed by atoms with Crippen molar-refractivity contribution in [2.24, 2.45) is 0 Å². The van der Waals surface area contributed by atoms with Gasteiger partial charge in [-0.1, -0.05) is 13.0 Å². The summed E-state index contributed by atoms with van der Waals surface area (Å²) in [5.74, 6) is -0.0269. The van der Waals surface area contributed by atoms with Crippen LogP contribution in [0.25, 0.3) is 0 Å². The van der Waals surface area contributed by atoms with Gasteiger partial charge in [-0.2, -0.15) is 8.78 Å². The van der Waals surface area contributed by atoms with E-state index in [4.69, 9.17) is 0 Å². The van der Waals surface area contributed by atoms with Gasteiger partial charge in [-0.3, -0.25) is 19.5 Å². The van der Waals surface area contributed by atoms with E-state index >= 15 is 0 Å². The lowest BCUT2D eigenvalue weighted by Crippen LogP contribution is -2.48. The lowest BCUT2D eigenvalue weighted by molar-refractivity contribution is -0.134. The van der Waals surface area contributed by atoms with E-state index in [2.05, 4.69) is 26.9 Å². The Kier molecular flexibility index (Phi) is 6.36. The molecule has 0 radical (unpaired) electrons. The van der Waals surface area contributed by atoms with Gasteiger partial charge in [-0.15, -0.1) is 0 Å². The first-order valence-electron chi connectivity index (χ1n) is 10.6. The lowest BCUT2D eigenvalue weighted by atomic mass is 9.87. The Balaban J connectivity index is 1.48. The molecule has 2 aromatic rings. The fourth-order valence-corrected chi connectivity index (χ4v) is 4.47. The molecule has 0 spiro atoms. The zero-order valence-electron chi connectivity index (χ0n) is 18.1. The number of amides is 2. The second-order valence-electron chi connectivity index (χ2n) is 8.45. The van der Waals surface area contributed by atoms with Crippen molar-refractivity contribution >= 4 is 17.5 Å². The predicted octanol–water partition coefficient (Wildman–Crippen LogP) is 3.48. The van der Waals surface area contributed by atoms with Crippen molar-refractivity contribution in [1.29, 1.82) is 0 Å². The zero-order chi connectivity index (χ0) is 22.8. The van der Waals surface area contributed by atoms with Gasteiger partial charge in [0.15, 0.2) is 0 Å². The number of carbonyl (C=O) groups is 2. The molecule has 2 atom stereocenters. The van der Waals surface area contributed by atoms with Crippen molar-refractivity contribution in [3.63, 3.8) is 0 Å². The average Bonchev–Trinajstić information content (AvgIpc) is 2.75. The Morgan fingerprint density at radius 2 is 2.09 bits per heavy atom. The number of alkyl halides is 2. The summed E-state index contributed by atoms with van der Waals surface area (Å²) in [6, 6.07) is 7.12. The molecule has 2 aliphatic heterocycles. The molecule has 1 saturated heterocycles. The molecular weight excluding hydrogens is 418 g/mol. The highest BCUT2D eigenvalue weighted by atomic mass is 19.3. The van der Waals surface area contributed by atoms with Gasteiger partial charge in [0.2, 0.25) is 5.91 Å². The average molecular weight is 444 g/mol. The van der Waals surface area contributed by atoms with Gasteiger partial charge in [0.1, 0.15) is 5.75 Å². The van der Waals surface area contributed by atoms with Gasteiger partial charge in [0, 0.05) is 50.8 Å². The van der Waals surface area contributed by atoms with Crippen LogP contribution in [0.2, 0.25) is 0 Å². The zero-order valence-corrected chi connectivity index (χ0v) is 18.1. The maximum atomic E-state index is 12.8. The summed E-state index contributed by atoms with van der Waals surface area (Å²) in [4.78, 5) is 32.9. The fourth-order valence-electron chi connectivity index (χ4n) is 4.47. The molecule has 1 fully saturated rings. The minimum atomic E-state index is -2.96. The largest absolute Gasteiger partial charge is 0.433 e.